The number of hydrogen-bond acceptors (Lipinski definition) is 3. The maximum atomic E-state index is 13.7. The van der Waals surface area contributed by atoms with E-state index >= 15 is 0 Å². The molecule has 2 aromatic carbocycles. The van der Waals surface area contributed by atoms with Gasteiger partial charge in [0.25, 0.3) is 5.91 Å². The Kier molecular flexibility index (Phi) is 5.13. The van der Waals surface area contributed by atoms with Crippen LogP contribution in [0.3, 0.4) is 0 Å². The third-order valence-corrected chi connectivity index (χ3v) is 5.63. The molecule has 1 saturated heterocycles. The largest absolute Gasteiger partial charge is 0.336 e. The van der Waals surface area contributed by atoms with Gasteiger partial charge < -0.3 is 9.80 Å². The lowest BCUT2D eigenvalue weighted by molar-refractivity contribution is -0.120. The number of hydrogen-bond donors (Lipinski definition) is 0. The molecular weight excluding hydrogens is 357 g/mol. The molecule has 0 aliphatic carbocycles. The summed E-state index contributed by atoms with van der Waals surface area (Å²) in [5.74, 6) is -0.412. The summed E-state index contributed by atoms with van der Waals surface area (Å²) in [4.78, 5) is 31.0. The van der Waals surface area contributed by atoms with Crippen LogP contribution in [0.2, 0.25) is 0 Å². The summed E-state index contributed by atoms with van der Waals surface area (Å²) in [6, 6.07) is 12.6. The zero-order valence-corrected chi connectivity index (χ0v) is 16.0. The average molecular weight is 381 g/mol. The Morgan fingerprint density at radius 1 is 1.00 bits per heavy atom. The van der Waals surface area contributed by atoms with Gasteiger partial charge in [-0.05, 0) is 42.7 Å². The molecule has 0 spiro atoms. The Hall–Kier alpha value is -2.73. The number of carbonyl (C=O) groups is 2. The highest BCUT2D eigenvalue weighted by Gasteiger charge is 2.28. The number of rotatable bonds is 3. The molecule has 0 bridgehead atoms. The minimum Gasteiger partial charge on any atom is -0.336 e. The van der Waals surface area contributed by atoms with Crippen LogP contribution in [0.25, 0.3) is 0 Å². The van der Waals surface area contributed by atoms with Gasteiger partial charge >= 0.3 is 0 Å². The molecule has 28 heavy (non-hydrogen) atoms. The van der Waals surface area contributed by atoms with Gasteiger partial charge in [-0.1, -0.05) is 24.3 Å². The maximum Gasteiger partial charge on any atom is 0.254 e. The van der Waals surface area contributed by atoms with Gasteiger partial charge in [0.05, 0.1) is 6.54 Å². The Bertz CT molecular complexity index is 906. The predicted molar refractivity (Wildman–Crippen MR) is 106 cm³/mol. The number of halogens is 1. The van der Waals surface area contributed by atoms with Crippen LogP contribution < -0.4 is 4.90 Å². The number of aryl methyl sites for hydroxylation is 1. The van der Waals surface area contributed by atoms with Gasteiger partial charge in [-0.2, -0.15) is 0 Å². The van der Waals surface area contributed by atoms with Gasteiger partial charge in [0.2, 0.25) is 5.91 Å². The lowest BCUT2D eigenvalue weighted by Crippen LogP contribution is -2.51. The monoisotopic (exact) mass is 381 g/mol. The van der Waals surface area contributed by atoms with Crippen molar-refractivity contribution >= 4 is 17.5 Å². The molecule has 0 atom stereocenters. The first-order valence-corrected chi connectivity index (χ1v) is 9.69. The normalized spacial score (nSPS) is 16.9. The fourth-order valence-electron chi connectivity index (χ4n) is 3.89. The van der Waals surface area contributed by atoms with Gasteiger partial charge in [-0.25, -0.2) is 4.39 Å². The van der Waals surface area contributed by atoms with Crippen LogP contribution in [-0.2, 0) is 11.2 Å². The zero-order chi connectivity index (χ0) is 19.7. The van der Waals surface area contributed by atoms with Crippen molar-refractivity contribution in [2.75, 3.05) is 44.2 Å². The van der Waals surface area contributed by atoms with Crippen molar-refractivity contribution < 1.29 is 14.0 Å². The quantitative estimate of drug-likeness (QED) is 0.821. The predicted octanol–water partition coefficient (Wildman–Crippen LogP) is 2.48. The van der Waals surface area contributed by atoms with E-state index in [1.54, 1.807) is 24.0 Å². The Labute approximate surface area is 164 Å². The first-order valence-electron chi connectivity index (χ1n) is 9.69. The second-order valence-electron chi connectivity index (χ2n) is 7.46. The number of para-hydroxylation sites is 1. The summed E-state index contributed by atoms with van der Waals surface area (Å²) < 4.78 is 13.7. The molecule has 146 valence electrons. The van der Waals surface area contributed by atoms with Gasteiger partial charge in [0, 0.05) is 44.0 Å². The van der Waals surface area contributed by atoms with E-state index in [0.717, 1.165) is 18.7 Å². The van der Waals surface area contributed by atoms with Gasteiger partial charge in [-0.3, -0.25) is 14.5 Å². The van der Waals surface area contributed by atoms with Crippen molar-refractivity contribution in [3.8, 4) is 0 Å². The van der Waals surface area contributed by atoms with E-state index < -0.39 is 0 Å². The van der Waals surface area contributed by atoms with E-state index in [1.165, 1.54) is 11.6 Å². The minimum absolute atomic E-state index is 0.102. The van der Waals surface area contributed by atoms with E-state index in [9.17, 15) is 14.0 Å². The second kappa shape index (κ2) is 7.72. The van der Waals surface area contributed by atoms with Crippen LogP contribution in [-0.4, -0.2) is 60.9 Å². The number of amides is 2. The van der Waals surface area contributed by atoms with E-state index in [4.69, 9.17) is 0 Å². The molecule has 6 heteroatoms. The molecule has 0 radical (unpaired) electrons. The second-order valence-corrected chi connectivity index (χ2v) is 7.46. The van der Waals surface area contributed by atoms with Gasteiger partial charge in [0.1, 0.15) is 5.82 Å². The molecule has 0 aromatic heterocycles. The summed E-state index contributed by atoms with van der Waals surface area (Å²) in [5.41, 5.74) is 3.14. The lowest BCUT2D eigenvalue weighted by atomic mass is 10.1. The Morgan fingerprint density at radius 2 is 1.75 bits per heavy atom. The number of benzene rings is 2. The molecule has 4 rings (SSSR count). The summed E-state index contributed by atoms with van der Waals surface area (Å²) in [7, 11) is 0. The fourth-order valence-corrected chi connectivity index (χ4v) is 3.89. The molecular formula is C22H24FN3O2. The summed E-state index contributed by atoms with van der Waals surface area (Å²) >= 11 is 0. The van der Waals surface area contributed by atoms with Crippen LogP contribution in [0.15, 0.2) is 42.5 Å². The number of carbonyl (C=O) groups excluding carboxylic acids is 2. The molecule has 0 saturated carbocycles. The van der Waals surface area contributed by atoms with Crippen molar-refractivity contribution in [2.45, 2.75) is 13.3 Å². The molecule has 2 heterocycles. The van der Waals surface area contributed by atoms with Crippen LogP contribution in [0, 0.1) is 12.7 Å². The van der Waals surface area contributed by atoms with Crippen LogP contribution in [0.5, 0.6) is 0 Å². The Morgan fingerprint density at radius 3 is 2.50 bits per heavy atom. The highest BCUT2D eigenvalue weighted by Crippen LogP contribution is 2.27. The molecule has 0 unspecified atom stereocenters. The van der Waals surface area contributed by atoms with E-state index in [0.29, 0.717) is 43.9 Å². The highest BCUT2D eigenvalue weighted by atomic mass is 19.1. The third kappa shape index (κ3) is 3.64. The first kappa shape index (κ1) is 18.6. The van der Waals surface area contributed by atoms with Crippen molar-refractivity contribution in [3.63, 3.8) is 0 Å². The first-order chi connectivity index (χ1) is 13.5. The van der Waals surface area contributed by atoms with Crippen molar-refractivity contribution in [2.24, 2.45) is 0 Å². The summed E-state index contributed by atoms with van der Waals surface area (Å²) in [6.07, 6.45) is 0.900. The topological polar surface area (TPSA) is 43.9 Å². The summed E-state index contributed by atoms with van der Waals surface area (Å²) in [5, 5.41) is 0. The zero-order valence-electron chi connectivity index (χ0n) is 16.0. The van der Waals surface area contributed by atoms with E-state index in [1.807, 2.05) is 23.1 Å². The number of anilines is 1. The molecule has 2 aromatic rings. The van der Waals surface area contributed by atoms with Crippen molar-refractivity contribution in [3.05, 3.63) is 65.0 Å². The molecule has 0 N–H and O–H groups in total. The smallest absolute Gasteiger partial charge is 0.254 e. The molecule has 1 fully saturated rings. The van der Waals surface area contributed by atoms with Gasteiger partial charge in [0.15, 0.2) is 0 Å². The summed E-state index contributed by atoms with van der Waals surface area (Å²) in [6.45, 7) is 5.13. The van der Waals surface area contributed by atoms with E-state index in [2.05, 4.69) is 11.0 Å². The number of piperazine rings is 1. The number of nitrogens with zero attached hydrogens (tertiary/aromatic N) is 3. The minimum atomic E-state index is -0.360. The van der Waals surface area contributed by atoms with E-state index in [-0.39, 0.29) is 17.6 Å². The van der Waals surface area contributed by atoms with Crippen LogP contribution in [0.4, 0.5) is 10.1 Å². The van der Waals surface area contributed by atoms with Crippen LogP contribution >= 0.6 is 0 Å². The average Bonchev–Trinajstić information content (AvgIpc) is 3.14. The molecule has 2 aliphatic heterocycles. The highest BCUT2D eigenvalue weighted by molar-refractivity contribution is 5.97. The number of fused-ring (bicyclic) bond motifs is 1. The van der Waals surface area contributed by atoms with Gasteiger partial charge in [-0.15, -0.1) is 0 Å². The molecule has 2 aliphatic rings. The third-order valence-electron chi connectivity index (χ3n) is 5.63. The molecule has 5 nitrogen and oxygen atoms in total. The fraction of sp³-hybridized carbons (Fsp3) is 0.364. The SMILES string of the molecule is Cc1ccc(C(=O)N2CCN(CC(=O)N3CCc4ccccc43)CC2)cc1F. The molecule has 2 amide bonds. The van der Waals surface area contributed by atoms with Crippen molar-refractivity contribution in [1.82, 2.24) is 9.80 Å². The maximum absolute atomic E-state index is 13.7. The van der Waals surface area contributed by atoms with Crippen LogP contribution in [0.1, 0.15) is 21.5 Å². The van der Waals surface area contributed by atoms with Crippen molar-refractivity contribution in [1.29, 1.82) is 0 Å². The Balaban J connectivity index is 1.32. The lowest BCUT2D eigenvalue weighted by Gasteiger charge is -2.35. The standard InChI is InChI=1S/C22H24FN3O2/c1-16-6-7-18(14-19(16)23)22(28)25-12-10-24(11-13-25)15-21(27)26-9-8-17-4-2-3-5-20(17)26/h2-7,14H,8-13,15H2,1H3.